The minimum absolute atomic E-state index is 0.0728. The van der Waals surface area contributed by atoms with Crippen LogP contribution in [0.2, 0.25) is 0 Å². The van der Waals surface area contributed by atoms with Gasteiger partial charge in [-0.25, -0.2) is 0 Å². The smallest absolute Gasteiger partial charge is 0.0565 e. The Labute approximate surface area is 84.3 Å². The van der Waals surface area contributed by atoms with E-state index in [1.807, 2.05) is 6.08 Å². The van der Waals surface area contributed by atoms with E-state index in [1.54, 1.807) is 0 Å². The second-order valence-electron chi connectivity index (χ2n) is 3.52. The third-order valence-electron chi connectivity index (χ3n) is 2.07. The van der Waals surface area contributed by atoms with E-state index in [-0.39, 0.29) is 5.41 Å². The molecule has 2 unspecified atom stereocenters. The van der Waals surface area contributed by atoms with E-state index in [2.05, 4.69) is 43.3 Å². The van der Waals surface area contributed by atoms with Crippen LogP contribution in [0.15, 0.2) is 12.7 Å². The Morgan fingerprint density at radius 3 is 2.58 bits per heavy atom. The molecule has 0 fully saturated rings. The van der Waals surface area contributed by atoms with E-state index < -0.39 is 0 Å². The highest BCUT2D eigenvalue weighted by molar-refractivity contribution is 9.09. The number of alkyl halides is 1. The van der Waals surface area contributed by atoms with Crippen LogP contribution in [0.4, 0.5) is 0 Å². The molecule has 0 aromatic rings. The fourth-order valence-corrected chi connectivity index (χ4v) is 0.993. The average Bonchev–Trinajstić information content (AvgIpc) is 2.13. The largest absolute Gasteiger partial charge is 0.378 e. The zero-order valence-corrected chi connectivity index (χ0v) is 9.86. The van der Waals surface area contributed by atoms with Crippen LogP contribution in [0.3, 0.4) is 0 Å². The predicted molar refractivity (Wildman–Crippen MR) is 57.8 cm³/mol. The first-order valence-corrected chi connectivity index (χ1v) is 5.51. The maximum atomic E-state index is 5.64. The van der Waals surface area contributed by atoms with Gasteiger partial charge in [0.25, 0.3) is 0 Å². The Balaban J connectivity index is 3.80. The van der Waals surface area contributed by atoms with Crippen molar-refractivity contribution in [2.45, 2.75) is 33.3 Å². The predicted octanol–water partition coefficient (Wildman–Crippen LogP) is 3.39. The fourth-order valence-electron chi connectivity index (χ4n) is 0.603. The van der Waals surface area contributed by atoms with Gasteiger partial charge in [0.2, 0.25) is 0 Å². The first kappa shape index (κ1) is 12.2. The van der Waals surface area contributed by atoms with Crippen molar-refractivity contribution in [3.8, 4) is 0 Å². The van der Waals surface area contributed by atoms with Crippen molar-refractivity contribution in [2.75, 3.05) is 11.9 Å². The molecule has 12 heavy (non-hydrogen) atoms. The molecule has 0 saturated heterocycles. The van der Waals surface area contributed by atoms with E-state index in [4.69, 9.17) is 4.74 Å². The molecule has 1 nitrogen and oxygen atoms in total. The highest BCUT2D eigenvalue weighted by atomic mass is 79.9. The summed E-state index contributed by atoms with van der Waals surface area (Å²) in [6, 6.07) is 0. The van der Waals surface area contributed by atoms with Crippen LogP contribution in [-0.4, -0.2) is 18.0 Å². The third kappa shape index (κ3) is 4.27. The standard InChI is InChI=1S/C10H19BrO/c1-5-9(3)12-8-10(4,6-2)7-11/h6,9H,2,5,7-8H2,1,3-4H3. The number of hydrogen-bond donors (Lipinski definition) is 0. The highest BCUT2D eigenvalue weighted by Crippen LogP contribution is 2.21. The maximum absolute atomic E-state index is 5.64. The minimum Gasteiger partial charge on any atom is -0.378 e. The van der Waals surface area contributed by atoms with E-state index in [0.29, 0.717) is 6.10 Å². The summed E-state index contributed by atoms with van der Waals surface area (Å²) in [4.78, 5) is 0. The van der Waals surface area contributed by atoms with Crippen molar-refractivity contribution < 1.29 is 4.74 Å². The van der Waals surface area contributed by atoms with Crippen molar-refractivity contribution in [2.24, 2.45) is 5.41 Å². The molecule has 0 spiro atoms. The van der Waals surface area contributed by atoms with Crippen LogP contribution in [0, 0.1) is 5.41 Å². The van der Waals surface area contributed by atoms with Gasteiger partial charge in [0.15, 0.2) is 0 Å². The number of hydrogen-bond acceptors (Lipinski definition) is 1. The van der Waals surface area contributed by atoms with Crippen molar-refractivity contribution in [3.05, 3.63) is 12.7 Å². The summed E-state index contributed by atoms with van der Waals surface area (Å²) < 4.78 is 5.64. The lowest BCUT2D eigenvalue weighted by Crippen LogP contribution is -2.25. The van der Waals surface area contributed by atoms with Gasteiger partial charge in [0, 0.05) is 10.7 Å². The molecule has 0 saturated carbocycles. The van der Waals surface area contributed by atoms with Crippen LogP contribution >= 0.6 is 15.9 Å². The zero-order chi connectivity index (χ0) is 9.61. The Morgan fingerprint density at radius 2 is 2.25 bits per heavy atom. The number of ether oxygens (including phenoxy) is 1. The van der Waals surface area contributed by atoms with Crippen molar-refractivity contribution in [3.63, 3.8) is 0 Å². The van der Waals surface area contributed by atoms with Crippen LogP contribution < -0.4 is 0 Å². The Kier molecular flexibility index (Phi) is 5.85. The fraction of sp³-hybridized carbons (Fsp3) is 0.800. The molecule has 0 aromatic carbocycles. The first-order chi connectivity index (χ1) is 5.58. The number of rotatable bonds is 6. The Bertz CT molecular complexity index is 136. The van der Waals surface area contributed by atoms with Crippen LogP contribution in [0.25, 0.3) is 0 Å². The van der Waals surface area contributed by atoms with Gasteiger partial charge in [-0.2, -0.15) is 0 Å². The normalized spacial score (nSPS) is 18.3. The summed E-state index contributed by atoms with van der Waals surface area (Å²) in [5.41, 5.74) is 0.0728. The van der Waals surface area contributed by atoms with E-state index in [9.17, 15) is 0 Å². The zero-order valence-electron chi connectivity index (χ0n) is 8.27. The summed E-state index contributed by atoms with van der Waals surface area (Å²) >= 11 is 3.45. The molecule has 0 aliphatic heterocycles. The van der Waals surface area contributed by atoms with Crippen molar-refractivity contribution in [1.82, 2.24) is 0 Å². The molecule has 0 radical (unpaired) electrons. The van der Waals surface area contributed by atoms with Crippen LogP contribution in [0.5, 0.6) is 0 Å². The summed E-state index contributed by atoms with van der Waals surface area (Å²) in [6.45, 7) is 10.9. The molecule has 0 heterocycles. The Morgan fingerprint density at radius 1 is 1.67 bits per heavy atom. The SMILES string of the molecule is C=CC(C)(CBr)COC(C)CC. The first-order valence-electron chi connectivity index (χ1n) is 4.39. The highest BCUT2D eigenvalue weighted by Gasteiger charge is 2.19. The van der Waals surface area contributed by atoms with Crippen LogP contribution in [0.1, 0.15) is 27.2 Å². The van der Waals surface area contributed by atoms with Gasteiger partial charge in [-0.3, -0.25) is 0 Å². The molecule has 2 atom stereocenters. The summed E-state index contributed by atoms with van der Waals surface area (Å²) in [7, 11) is 0. The molecule has 2 heteroatoms. The monoisotopic (exact) mass is 234 g/mol. The molecular weight excluding hydrogens is 216 g/mol. The van der Waals surface area contributed by atoms with Gasteiger partial charge < -0.3 is 4.74 Å². The lowest BCUT2D eigenvalue weighted by Gasteiger charge is -2.24. The van der Waals surface area contributed by atoms with Gasteiger partial charge in [-0.05, 0) is 13.3 Å². The van der Waals surface area contributed by atoms with E-state index in [0.717, 1.165) is 18.4 Å². The molecular formula is C10H19BrO. The molecule has 0 amide bonds. The second-order valence-corrected chi connectivity index (χ2v) is 4.08. The molecule has 0 aliphatic carbocycles. The molecule has 72 valence electrons. The molecule has 0 rings (SSSR count). The van der Waals surface area contributed by atoms with Crippen molar-refractivity contribution >= 4 is 15.9 Å². The summed E-state index contributed by atoms with van der Waals surface area (Å²) in [5.74, 6) is 0. The molecule has 0 aromatic heterocycles. The average molecular weight is 235 g/mol. The van der Waals surface area contributed by atoms with E-state index >= 15 is 0 Å². The minimum atomic E-state index is 0.0728. The van der Waals surface area contributed by atoms with Crippen LogP contribution in [-0.2, 0) is 4.74 Å². The lowest BCUT2D eigenvalue weighted by atomic mass is 9.95. The third-order valence-corrected chi connectivity index (χ3v) is 3.35. The topological polar surface area (TPSA) is 9.23 Å². The van der Waals surface area contributed by atoms with Gasteiger partial charge in [0.05, 0.1) is 12.7 Å². The van der Waals surface area contributed by atoms with Gasteiger partial charge in [0.1, 0.15) is 0 Å². The second kappa shape index (κ2) is 5.76. The van der Waals surface area contributed by atoms with Crippen molar-refractivity contribution in [1.29, 1.82) is 0 Å². The molecule has 0 bridgehead atoms. The lowest BCUT2D eigenvalue weighted by molar-refractivity contribution is 0.0278. The van der Waals surface area contributed by atoms with Gasteiger partial charge >= 0.3 is 0 Å². The van der Waals surface area contributed by atoms with Gasteiger partial charge in [-0.15, -0.1) is 6.58 Å². The summed E-state index contributed by atoms with van der Waals surface area (Å²) in [5, 5.41) is 0.903. The quantitative estimate of drug-likeness (QED) is 0.506. The van der Waals surface area contributed by atoms with Gasteiger partial charge in [-0.1, -0.05) is 35.9 Å². The molecule has 0 aliphatic rings. The Hall–Kier alpha value is 0.180. The number of halogens is 1. The summed E-state index contributed by atoms with van der Waals surface area (Å²) in [6.07, 6.45) is 3.36. The van der Waals surface area contributed by atoms with E-state index in [1.165, 1.54) is 0 Å². The molecule has 0 N–H and O–H groups in total. The maximum Gasteiger partial charge on any atom is 0.0565 e.